The Balaban J connectivity index is 2.07. The summed E-state index contributed by atoms with van der Waals surface area (Å²) in [6.45, 7) is 5.56. The molecule has 0 spiro atoms. The van der Waals surface area contributed by atoms with E-state index in [0.717, 1.165) is 5.56 Å². The number of carbonyl (C=O) groups excluding carboxylic acids is 1. The summed E-state index contributed by atoms with van der Waals surface area (Å²) in [5, 5.41) is 2.73. The molecule has 26 heavy (non-hydrogen) atoms. The summed E-state index contributed by atoms with van der Waals surface area (Å²) in [6.07, 6.45) is 0. The van der Waals surface area contributed by atoms with E-state index in [1.54, 1.807) is 48.5 Å². The standard InChI is InChI=1S/C19H24N2O4S/c1-14(2)20-19(22)13-25-17-9-7-16(8-10-17)21(4)26(23,24)18-11-5-15(3)6-12-18/h5-12,14H,13H2,1-4H3,(H,20,22). The van der Waals surface area contributed by atoms with Crippen molar-refractivity contribution in [2.45, 2.75) is 31.7 Å². The number of nitrogens with one attached hydrogen (secondary N) is 1. The van der Waals surface area contributed by atoms with Crippen molar-refractivity contribution in [3.8, 4) is 5.75 Å². The third-order valence-corrected chi connectivity index (χ3v) is 5.50. The van der Waals surface area contributed by atoms with Crippen molar-refractivity contribution in [3.05, 3.63) is 54.1 Å². The van der Waals surface area contributed by atoms with Gasteiger partial charge >= 0.3 is 0 Å². The zero-order valence-corrected chi connectivity index (χ0v) is 16.2. The maximum atomic E-state index is 12.7. The predicted octanol–water partition coefficient (Wildman–Crippen LogP) is 2.72. The highest BCUT2D eigenvalue weighted by molar-refractivity contribution is 7.92. The van der Waals surface area contributed by atoms with Gasteiger partial charge in [-0.2, -0.15) is 0 Å². The van der Waals surface area contributed by atoms with Gasteiger partial charge in [-0.15, -0.1) is 0 Å². The molecule has 0 aromatic heterocycles. The number of amides is 1. The zero-order valence-electron chi connectivity index (χ0n) is 15.4. The number of hydrogen-bond acceptors (Lipinski definition) is 4. The van der Waals surface area contributed by atoms with Crippen molar-refractivity contribution in [1.29, 1.82) is 0 Å². The molecule has 7 heteroatoms. The Bertz CT molecular complexity index is 844. The van der Waals surface area contributed by atoms with Crippen LogP contribution >= 0.6 is 0 Å². The van der Waals surface area contributed by atoms with Gasteiger partial charge in [-0.05, 0) is 57.2 Å². The lowest BCUT2D eigenvalue weighted by Gasteiger charge is -2.20. The van der Waals surface area contributed by atoms with Crippen LogP contribution in [0.4, 0.5) is 5.69 Å². The summed E-state index contributed by atoms with van der Waals surface area (Å²) in [4.78, 5) is 11.8. The summed E-state index contributed by atoms with van der Waals surface area (Å²) in [6, 6.07) is 13.3. The molecule has 0 aliphatic carbocycles. The van der Waals surface area contributed by atoms with E-state index in [2.05, 4.69) is 5.32 Å². The third-order valence-electron chi connectivity index (χ3n) is 3.70. The van der Waals surface area contributed by atoms with Gasteiger partial charge in [-0.25, -0.2) is 8.42 Å². The van der Waals surface area contributed by atoms with Gasteiger partial charge in [0.25, 0.3) is 15.9 Å². The van der Waals surface area contributed by atoms with Gasteiger partial charge < -0.3 is 10.1 Å². The molecule has 0 atom stereocenters. The Hall–Kier alpha value is -2.54. The third kappa shape index (κ3) is 4.98. The van der Waals surface area contributed by atoms with Gasteiger partial charge in [-0.1, -0.05) is 17.7 Å². The summed E-state index contributed by atoms with van der Waals surface area (Å²) in [5.41, 5.74) is 1.50. The van der Waals surface area contributed by atoms with Crippen molar-refractivity contribution in [2.24, 2.45) is 0 Å². The number of carbonyl (C=O) groups is 1. The second-order valence-electron chi connectivity index (χ2n) is 6.29. The van der Waals surface area contributed by atoms with Crippen LogP contribution in [0.25, 0.3) is 0 Å². The highest BCUT2D eigenvalue weighted by Crippen LogP contribution is 2.24. The van der Waals surface area contributed by atoms with Crippen LogP contribution in [0.2, 0.25) is 0 Å². The van der Waals surface area contributed by atoms with Gasteiger partial charge in [0.15, 0.2) is 6.61 Å². The van der Waals surface area contributed by atoms with E-state index in [9.17, 15) is 13.2 Å². The number of aryl methyl sites for hydroxylation is 1. The van der Waals surface area contributed by atoms with E-state index in [1.165, 1.54) is 11.4 Å². The Morgan fingerprint density at radius 1 is 1.08 bits per heavy atom. The molecule has 0 fully saturated rings. The lowest BCUT2D eigenvalue weighted by Crippen LogP contribution is -2.34. The second kappa shape index (κ2) is 8.23. The molecule has 6 nitrogen and oxygen atoms in total. The molecule has 1 N–H and O–H groups in total. The van der Waals surface area contributed by atoms with Crippen molar-refractivity contribution in [3.63, 3.8) is 0 Å². The lowest BCUT2D eigenvalue weighted by atomic mass is 10.2. The fourth-order valence-electron chi connectivity index (χ4n) is 2.27. The van der Waals surface area contributed by atoms with Crippen molar-refractivity contribution in [1.82, 2.24) is 5.32 Å². The van der Waals surface area contributed by atoms with E-state index in [0.29, 0.717) is 11.4 Å². The molecule has 2 aromatic carbocycles. The SMILES string of the molecule is Cc1ccc(S(=O)(=O)N(C)c2ccc(OCC(=O)NC(C)C)cc2)cc1. The highest BCUT2D eigenvalue weighted by atomic mass is 32.2. The molecule has 140 valence electrons. The monoisotopic (exact) mass is 376 g/mol. The van der Waals surface area contributed by atoms with Gasteiger partial charge in [0.1, 0.15) is 5.75 Å². The largest absolute Gasteiger partial charge is 0.484 e. The maximum absolute atomic E-state index is 12.7. The first-order chi connectivity index (χ1) is 12.2. The zero-order chi connectivity index (χ0) is 19.3. The second-order valence-corrected chi connectivity index (χ2v) is 8.26. The number of sulfonamides is 1. The molecule has 0 radical (unpaired) electrons. The quantitative estimate of drug-likeness (QED) is 0.806. The predicted molar refractivity (Wildman–Crippen MR) is 102 cm³/mol. The van der Waals surface area contributed by atoms with Crippen LogP contribution in [0.1, 0.15) is 19.4 Å². The van der Waals surface area contributed by atoms with E-state index < -0.39 is 10.0 Å². The summed E-state index contributed by atoms with van der Waals surface area (Å²) < 4.78 is 32.0. The van der Waals surface area contributed by atoms with Crippen LogP contribution < -0.4 is 14.4 Å². The number of benzene rings is 2. The Morgan fingerprint density at radius 2 is 1.65 bits per heavy atom. The van der Waals surface area contributed by atoms with E-state index in [4.69, 9.17) is 4.74 Å². The summed E-state index contributed by atoms with van der Waals surface area (Å²) in [7, 11) is -2.13. The number of rotatable bonds is 7. The molecule has 2 rings (SSSR count). The number of ether oxygens (including phenoxy) is 1. The minimum Gasteiger partial charge on any atom is -0.484 e. The van der Waals surface area contributed by atoms with Crippen LogP contribution in [0.5, 0.6) is 5.75 Å². The van der Waals surface area contributed by atoms with Crippen LogP contribution in [-0.2, 0) is 14.8 Å². The van der Waals surface area contributed by atoms with Crippen LogP contribution in [0.15, 0.2) is 53.4 Å². The van der Waals surface area contributed by atoms with Crippen LogP contribution in [-0.4, -0.2) is 34.0 Å². The summed E-state index contributed by atoms with van der Waals surface area (Å²) in [5.74, 6) is 0.289. The number of nitrogens with zero attached hydrogens (tertiary/aromatic N) is 1. The van der Waals surface area contributed by atoms with Crippen molar-refractivity contribution >= 4 is 21.6 Å². The molecule has 0 unspecified atom stereocenters. The molecule has 0 bridgehead atoms. The fourth-order valence-corrected chi connectivity index (χ4v) is 3.47. The van der Waals surface area contributed by atoms with E-state index in [1.807, 2.05) is 20.8 Å². The fraction of sp³-hybridized carbons (Fsp3) is 0.316. The molecule has 1 amide bonds. The van der Waals surface area contributed by atoms with Crippen LogP contribution in [0.3, 0.4) is 0 Å². The first kappa shape index (κ1) is 19.8. The maximum Gasteiger partial charge on any atom is 0.264 e. The molecular formula is C19H24N2O4S. The molecule has 0 aliphatic rings. The first-order valence-corrected chi connectivity index (χ1v) is 9.72. The number of hydrogen-bond donors (Lipinski definition) is 1. The molecule has 0 heterocycles. The van der Waals surface area contributed by atoms with Gasteiger partial charge in [-0.3, -0.25) is 9.10 Å². The number of anilines is 1. The first-order valence-electron chi connectivity index (χ1n) is 8.28. The Labute approximate surface area is 154 Å². The van der Waals surface area contributed by atoms with Gasteiger partial charge in [0, 0.05) is 13.1 Å². The Morgan fingerprint density at radius 3 is 2.19 bits per heavy atom. The highest BCUT2D eigenvalue weighted by Gasteiger charge is 2.21. The molecule has 2 aromatic rings. The van der Waals surface area contributed by atoms with E-state index >= 15 is 0 Å². The minimum absolute atomic E-state index is 0.0501. The molecule has 0 saturated heterocycles. The van der Waals surface area contributed by atoms with Crippen molar-refractivity contribution in [2.75, 3.05) is 18.0 Å². The molecular weight excluding hydrogens is 352 g/mol. The van der Waals surface area contributed by atoms with Gasteiger partial charge in [0.2, 0.25) is 0 Å². The average Bonchev–Trinajstić information content (AvgIpc) is 2.59. The summed E-state index contributed by atoms with van der Waals surface area (Å²) >= 11 is 0. The average molecular weight is 376 g/mol. The van der Waals surface area contributed by atoms with Crippen LogP contribution in [0, 0.1) is 6.92 Å². The topological polar surface area (TPSA) is 75.7 Å². The molecule has 0 saturated carbocycles. The smallest absolute Gasteiger partial charge is 0.264 e. The molecule has 0 aliphatic heterocycles. The van der Waals surface area contributed by atoms with Gasteiger partial charge in [0.05, 0.1) is 10.6 Å². The van der Waals surface area contributed by atoms with Crippen molar-refractivity contribution < 1.29 is 17.9 Å². The Kier molecular flexibility index (Phi) is 6.26. The lowest BCUT2D eigenvalue weighted by molar-refractivity contribution is -0.123. The minimum atomic E-state index is -3.63. The normalized spacial score (nSPS) is 11.3. The van der Waals surface area contributed by atoms with E-state index in [-0.39, 0.29) is 23.5 Å².